The zero-order chi connectivity index (χ0) is 16.5. The summed E-state index contributed by atoms with van der Waals surface area (Å²) in [4.78, 5) is 2.38. The molecule has 1 aliphatic rings. The van der Waals surface area contributed by atoms with Crippen LogP contribution >= 0.6 is 11.6 Å². The van der Waals surface area contributed by atoms with Crippen LogP contribution in [-0.4, -0.2) is 34.7 Å². The predicted molar refractivity (Wildman–Crippen MR) is 93.5 cm³/mol. The lowest BCUT2D eigenvalue weighted by molar-refractivity contribution is 0.154. The second kappa shape index (κ2) is 6.51. The summed E-state index contributed by atoms with van der Waals surface area (Å²) in [5, 5.41) is 12.0. The molecule has 0 aliphatic carbocycles. The third kappa shape index (κ3) is 3.02. The van der Waals surface area contributed by atoms with Crippen LogP contribution in [0.4, 0.5) is 4.39 Å². The van der Waals surface area contributed by atoms with Gasteiger partial charge in [0.2, 0.25) is 0 Å². The maximum atomic E-state index is 13.9. The first kappa shape index (κ1) is 15.6. The molecule has 124 valence electrons. The van der Waals surface area contributed by atoms with Crippen LogP contribution in [0.25, 0.3) is 10.9 Å². The third-order valence-corrected chi connectivity index (χ3v) is 4.84. The van der Waals surface area contributed by atoms with Crippen molar-refractivity contribution in [3.05, 3.63) is 64.6 Å². The molecule has 1 aliphatic heterocycles. The van der Waals surface area contributed by atoms with Crippen LogP contribution in [0.15, 0.2) is 42.6 Å². The van der Waals surface area contributed by atoms with Gasteiger partial charge in [0.15, 0.2) is 0 Å². The van der Waals surface area contributed by atoms with Crippen molar-refractivity contribution in [2.75, 3.05) is 19.6 Å². The Kier molecular flexibility index (Phi) is 4.22. The van der Waals surface area contributed by atoms with E-state index in [-0.39, 0.29) is 11.9 Å². The molecule has 2 aromatic carbocycles. The van der Waals surface area contributed by atoms with E-state index in [0.717, 1.165) is 41.1 Å². The minimum absolute atomic E-state index is 0.236. The molecule has 0 bridgehead atoms. The molecule has 1 aromatic heterocycles. The number of hydrogen-bond acceptors (Lipinski definition) is 3. The Labute approximate surface area is 144 Å². The molecule has 0 saturated carbocycles. The second-order valence-corrected chi connectivity index (χ2v) is 6.57. The van der Waals surface area contributed by atoms with E-state index < -0.39 is 0 Å². The average Bonchev–Trinajstić information content (AvgIpc) is 3.05. The minimum atomic E-state index is -0.236. The highest BCUT2D eigenvalue weighted by Gasteiger charge is 2.24. The molecular weight excluding hydrogens is 327 g/mol. The molecule has 4 rings (SSSR count). The lowest BCUT2D eigenvalue weighted by atomic mass is 10.0. The van der Waals surface area contributed by atoms with Gasteiger partial charge in [-0.25, -0.2) is 4.39 Å². The number of nitrogens with one attached hydrogen (secondary N) is 2. The van der Waals surface area contributed by atoms with Gasteiger partial charge < -0.3 is 5.32 Å². The predicted octanol–water partition coefficient (Wildman–Crippen LogP) is 3.50. The Balaban J connectivity index is 1.65. The molecular formula is C18H18ClFN4. The van der Waals surface area contributed by atoms with Gasteiger partial charge in [-0.05, 0) is 35.4 Å². The zero-order valence-corrected chi connectivity index (χ0v) is 13.9. The molecule has 1 saturated heterocycles. The van der Waals surface area contributed by atoms with E-state index in [1.807, 2.05) is 12.1 Å². The fourth-order valence-corrected chi connectivity index (χ4v) is 3.51. The summed E-state index contributed by atoms with van der Waals surface area (Å²) < 4.78 is 13.9. The standard InChI is InChI=1S/C18H18ClFN4/c19-14-3-1-12(2-4-14)18-10-21-5-6-24(18)11-13-7-15(20)8-17-16(13)9-22-23-17/h1-4,7-9,18,21H,5-6,10-11H2,(H,22,23). The number of aromatic nitrogens is 2. The summed E-state index contributed by atoms with van der Waals surface area (Å²) in [7, 11) is 0. The van der Waals surface area contributed by atoms with Gasteiger partial charge in [0.1, 0.15) is 5.82 Å². The molecule has 0 radical (unpaired) electrons. The maximum Gasteiger partial charge on any atom is 0.125 e. The van der Waals surface area contributed by atoms with Gasteiger partial charge in [0.25, 0.3) is 0 Å². The highest BCUT2D eigenvalue weighted by Crippen LogP contribution is 2.28. The van der Waals surface area contributed by atoms with Crippen LogP contribution in [0.2, 0.25) is 5.02 Å². The van der Waals surface area contributed by atoms with Crippen LogP contribution in [0, 0.1) is 5.82 Å². The molecule has 24 heavy (non-hydrogen) atoms. The highest BCUT2D eigenvalue weighted by molar-refractivity contribution is 6.30. The van der Waals surface area contributed by atoms with Crippen molar-refractivity contribution in [1.82, 2.24) is 20.4 Å². The number of rotatable bonds is 3. The van der Waals surface area contributed by atoms with Crippen molar-refractivity contribution in [3.63, 3.8) is 0 Å². The molecule has 1 unspecified atom stereocenters. The monoisotopic (exact) mass is 344 g/mol. The number of nitrogens with zero attached hydrogens (tertiary/aromatic N) is 2. The maximum absolute atomic E-state index is 13.9. The smallest absolute Gasteiger partial charge is 0.125 e. The summed E-state index contributed by atoms with van der Waals surface area (Å²) in [5.74, 6) is -0.236. The van der Waals surface area contributed by atoms with Gasteiger partial charge in [-0.15, -0.1) is 0 Å². The van der Waals surface area contributed by atoms with Gasteiger partial charge in [-0.3, -0.25) is 10.00 Å². The Morgan fingerprint density at radius 3 is 2.92 bits per heavy atom. The quantitative estimate of drug-likeness (QED) is 0.764. The number of H-pyrrole nitrogens is 1. The van der Waals surface area contributed by atoms with Crippen LogP contribution < -0.4 is 5.32 Å². The van der Waals surface area contributed by atoms with Crippen molar-refractivity contribution in [1.29, 1.82) is 0 Å². The van der Waals surface area contributed by atoms with E-state index in [9.17, 15) is 4.39 Å². The largest absolute Gasteiger partial charge is 0.314 e. The second-order valence-electron chi connectivity index (χ2n) is 6.14. The first-order valence-electron chi connectivity index (χ1n) is 8.02. The Morgan fingerprint density at radius 1 is 1.25 bits per heavy atom. The summed E-state index contributed by atoms with van der Waals surface area (Å²) in [6, 6.07) is 11.3. The van der Waals surface area contributed by atoms with E-state index in [1.54, 1.807) is 12.3 Å². The Bertz CT molecular complexity index is 846. The van der Waals surface area contributed by atoms with E-state index in [0.29, 0.717) is 6.54 Å². The summed E-state index contributed by atoms with van der Waals surface area (Å²) in [5.41, 5.74) is 2.91. The number of aromatic amines is 1. The summed E-state index contributed by atoms with van der Waals surface area (Å²) in [6.45, 7) is 3.38. The van der Waals surface area contributed by atoms with Crippen LogP contribution in [0.5, 0.6) is 0 Å². The Morgan fingerprint density at radius 2 is 2.08 bits per heavy atom. The molecule has 3 aromatic rings. The number of piperazine rings is 1. The number of fused-ring (bicyclic) bond motifs is 1. The topological polar surface area (TPSA) is 44.0 Å². The third-order valence-electron chi connectivity index (χ3n) is 4.59. The van der Waals surface area contributed by atoms with Crippen LogP contribution in [0.3, 0.4) is 0 Å². The van der Waals surface area contributed by atoms with Crippen molar-refractivity contribution >= 4 is 22.5 Å². The molecule has 6 heteroatoms. The zero-order valence-electron chi connectivity index (χ0n) is 13.1. The molecule has 0 amide bonds. The minimum Gasteiger partial charge on any atom is -0.314 e. The summed E-state index contributed by atoms with van der Waals surface area (Å²) >= 11 is 6.01. The van der Waals surface area contributed by atoms with Crippen molar-refractivity contribution < 1.29 is 4.39 Å². The molecule has 2 N–H and O–H groups in total. The average molecular weight is 345 g/mol. The van der Waals surface area contributed by atoms with Crippen molar-refractivity contribution in [2.24, 2.45) is 0 Å². The normalized spacial score (nSPS) is 19.0. The molecule has 1 fully saturated rings. The molecule has 1 atom stereocenters. The number of hydrogen-bond donors (Lipinski definition) is 2. The van der Waals surface area contributed by atoms with E-state index in [2.05, 4.69) is 32.5 Å². The van der Waals surface area contributed by atoms with Gasteiger partial charge in [0, 0.05) is 42.6 Å². The van der Waals surface area contributed by atoms with Gasteiger partial charge in [-0.1, -0.05) is 23.7 Å². The molecule has 0 spiro atoms. The summed E-state index contributed by atoms with van der Waals surface area (Å²) in [6.07, 6.45) is 1.77. The van der Waals surface area contributed by atoms with Gasteiger partial charge >= 0.3 is 0 Å². The van der Waals surface area contributed by atoms with Crippen LogP contribution in [0.1, 0.15) is 17.2 Å². The number of halogens is 2. The fraction of sp³-hybridized carbons (Fsp3) is 0.278. The van der Waals surface area contributed by atoms with Crippen molar-refractivity contribution in [3.8, 4) is 0 Å². The van der Waals surface area contributed by atoms with Crippen LogP contribution in [-0.2, 0) is 6.54 Å². The lowest BCUT2D eigenvalue weighted by Gasteiger charge is -2.36. The highest BCUT2D eigenvalue weighted by atomic mass is 35.5. The fourth-order valence-electron chi connectivity index (χ4n) is 3.38. The van der Waals surface area contributed by atoms with Crippen molar-refractivity contribution in [2.45, 2.75) is 12.6 Å². The van der Waals surface area contributed by atoms with Gasteiger partial charge in [-0.2, -0.15) is 5.10 Å². The first-order chi connectivity index (χ1) is 11.7. The number of benzene rings is 2. The van der Waals surface area contributed by atoms with E-state index >= 15 is 0 Å². The van der Waals surface area contributed by atoms with Gasteiger partial charge in [0.05, 0.1) is 11.7 Å². The SMILES string of the molecule is Fc1cc(CN2CCNCC2c2ccc(Cl)cc2)c2cn[nH]c2c1. The lowest BCUT2D eigenvalue weighted by Crippen LogP contribution is -2.45. The van der Waals surface area contributed by atoms with E-state index in [4.69, 9.17) is 11.6 Å². The Hall–Kier alpha value is -1.95. The molecule has 4 nitrogen and oxygen atoms in total. The first-order valence-corrected chi connectivity index (χ1v) is 8.40. The van der Waals surface area contributed by atoms with E-state index in [1.165, 1.54) is 11.6 Å². The molecule has 2 heterocycles.